The Labute approximate surface area is 525 Å². The summed E-state index contributed by atoms with van der Waals surface area (Å²) in [5.41, 5.74) is 2.28. The zero-order chi connectivity index (χ0) is 57.7. The van der Waals surface area contributed by atoms with Gasteiger partial charge in [0, 0.05) is 20.9 Å². The zero-order valence-electron chi connectivity index (χ0n) is 52.1. The molecule has 0 unspecified atom stereocenters. The number of unbranched alkanes of at least 4 members (excludes halogenated alkanes) is 36. The van der Waals surface area contributed by atoms with Crippen LogP contribution in [0.3, 0.4) is 0 Å². The summed E-state index contributed by atoms with van der Waals surface area (Å²) < 4.78 is 30.1. The summed E-state index contributed by atoms with van der Waals surface area (Å²) >= 11 is 11.2. The number of hydrogen-bond acceptors (Lipinski definition) is 6. The minimum Gasteiger partial charge on any atom is -0.493 e. The summed E-state index contributed by atoms with van der Waals surface area (Å²) in [7, 11) is 0. The number of fused-ring (bicyclic) bond motifs is 6. The minimum atomic E-state index is 0.685. The molecule has 0 aliphatic heterocycles. The molecule has 0 bridgehead atoms. The van der Waals surface area contributed by atoms with E-state index in [9.17, 15) is 0 Å². The third kappa shape index (κ3) is 24.5. The fraction of sp³-hybridized carbons (Fsp3) is 0.649. The molecule has 6 aromatic rings. The van der Waals surface area contributed by atoms with E-state index >= 15 is 0 Å². The Kier molecular flexibility index (Phi) is 35.1. The molecule has 0 saturated carbocycles. The maximum absolute atomic E-state index is 6.99. The van der Waals surface area contributed by atoms with Gasteiger partial charge in [-0.25, -0.2) is 0 Å². The van der Waals surface area contributed by atoms with Crippen molar-refractivity contribution in [3.8, 4) is 43.9 Å². The molecule has 82 heavy (non-hydrogen) atoms. The molecular weight excluding hydrogens is 1180 g/mol. The molecule has 2 aromatic heterocycles. The van der Waals surface area contributed by atoms with Gasteiger partial charge < -0.3 is 18.9 Å². The molecule has 0 amide bonds. The number of halogens is 2. The second-order valence-electron chi connectivity index (χ2n) is 24.0. The normalized spacial score (nSPS) is 11.7. The SMILES string of the molecule is CCCCCCCCCCCCOc1cc2c(cc1OCCCCCCCCCCCC)c1cc(-c3ccc(Br)s3)c(OCCCCCCCCCCCC)cc1c1cc(OCCCCCCCCCCCC)c(-c3ccc(Br)s3)cc21. The van der Waals surface area contributed by atoms with Crippen molar-refractivity contribution in [1.82, 2.24) is 0 Å². The van der Waals surface area contributed by atoms with Crippen molar-refractivity contribution in [2.75, 3.05) is 26.4 Å². The number of rotatable bonds is 50. The van der Waals surface area contributed by atoms with Crippen molar-refractivity contribution in [3.05, 3.63) is 68.2 Å². The predicted octanol–water partition coefficient (Wildman–Crippen LogP) is 27.3. The van der Waals surface area contributed by atoms with Gasteiger partial charge >= 0.3 is 0 Å². The van der Waals surface area contributed by atoms with E-state index in [0.717, 1.165) is 67.4 Å². The second-order valence-corrected chi connectivity index (χ2v) is 28.9. The smallest absolute Gasteiger partial charge is 0.161 e. The molecule has 2 heterocycles. The van der Waals surface area contributed by atoms with Crippen molar-refractivity contribution in [3.63, 3.8) is 0 Å². The number of benzene rings is 4. The van der Waals surface area contributed by atoms with Gasteiger partial charge in [-0.1, -0.05) is 259 Å². The summed E-state index contributed by atoms with van der Waals surface area (Å²) in [5.74, 6) is 3.62. The van der Waals surface area contributed by atoms with Gasteiger partial charge in [-0.2, -0.15) is 0 Å². The van der Waals surface area contributed by atoms with Crippen molar-refractivity contribution >= 4 is 86.9 Å². The lowest BCUT2D eigenvalue weighted by atomic mass is 9.90. The molecule has 0 aliphatic carbocycles. The van der Waals surface area contributed by atoms with Crippen LogP contribution in [0.15, 0.2) is 68.2 Å². The molecule has 0 spiro atoms. The molecule has 0 radical (unpaired) electrons. The van der Waals surface area contributed by atoms with Gasteiger partial charge in [-0.05, 0) is 151 Å². The minimum absolute atomic E-state index is 0.685. The van der Waals surface area contributed by atoms with Crippen LogP contribution in [-0.4, -0.2) is 26.4 Å². The van der Waals surface area contributed by atoms with Gasteiger partial charge in [-0.15, -0.1) is 22.7 Å². The van der Waals surface area contributed by atoms with E-state index in [1.165, 1.54) is 273 Å². The van der Waals surface area contributed by atoms with Crippen LogP contribution in [0.25, 0.3) is 53.2 Å². The van der Waals surface area contributed by atoms with Crippen LogP contribution >= 0.6 is 54.5 Å². The average molecular weight is 1290 g/mol. The van der Waals surface area contributed by atoms with Gasteiger partial charge in [0.2, 0.25) is 0 Å². The van der Waals surface area contributed by atoms with Crippen LogP contribution in [0.1, 0.15) is 285 Å². The summed E-state index contributed by atoms with van der Waals surface area (Å²) in [4.78, 5) is 2.40. The topological polar surface area (TPSA) is 36.9 Å². The average Bonchev–Trinajstić information content (AvgIpc) is 3.60. The molecule has 0 saturated heterocycles. The summed E-state index contributed by atoms with van der Waals surface area (Å²) in [5, 5.41) is 7.13. The van der Waals surface area contributed by atoms with Crippen LogP contribution in [0.2, 0.25) is 0 Å². The fourth-order valence-electron chi connectivity index (χ4n) is 11.9. The highest BCUT2D eigenvalue weighted by molar-refractivity contribution is 9.11. The first-order chi connectivity index (χ1) is 40.4. The zero-order valence-corrected chi connectivity index (χ0v) is 56.9. The predicted molar refractivity (Wildman–Crippen MR) is 370 cm³/mol. The monoisotopic (exact) mass is 1280 g/mol. The van der Waals surface area contributed by atoms with Crippen molar-refractivity contribution < 1.29 is 18.9 Å². The van der Waals surface area contributed by atoms with Crippen LogP contribution in [-0.2, 0) is 0 Å². The molecule has 4 nitrogen and oxygen atoms in total. The third-order valence-electron chi connectivity index (χ3n) is 16.9. The Bertz CT molecular complexity index is 2440. The lowest BCUT2D eigenvalue weighted by Gasteiger charge is -2.20. The van der Waals surface area contributed by atoms with E-state index in [1.807, 2.05) is 0 Å². The van der Waals surface area contributed by atoms with E-state index in [0.29, 0.717) is 26.4 Å². The molecule has 6 rings (SSSR count). The van der Waals surface area contributed by atoms with Crippen molar-refractivity contribution in [2.45, 2.75) is 285 Å². The van der Waals surface area contributed by atoms with E-state index in [-0.39, 0.29) is 0 Å². The first-order valence-electron chi connectivity index (χ1n) is 34.0. The van der Waals surface area contributed by atoms with Gasteiger partial charge in [0.05, 0.1) is 34.0 Å². The van der Waals surface area contributed by atoms with E-state index in [2.05, 4.69) is 120 Å². The quantitative estimate of drug-likeness (QED) is 0.0282. The largest absolute Gasteiger partial charge is 0.493 e. The van der Waals surface area contributed by atoms with Crippen molar-refractivity contribution in [2.24, 2.45) is 0 Å². The standard InChI is InChI=1S/C74H110Br2O4S2/c1-5-9-13-17-21-25-29-33-37-41-49-77-67-55-61-59(53-65(67)71-45-47-73(75)81-71)63-57-69(79-51-43-39-35-31-27-23-19-15-11-7-3)70(80-52-44-40-36-32-28-24-20-16-12-8-4)58-64(63)60-54-66(72-46-48-74(76)82-72)68(56-62(60)61)78-50-42-38-34-30-26-22-18-14-10-6-2/h45-48,53-58H,5-44,49-52H2,1-4H3. The van der Waals surface area contributed by atoms with Crippen molar-refractivity contribution in [1.29, 1.82) is 0 Å². The molecule has 0 aliphatic rings. The molecule has 456 valence electrons. The van der Waals surface area contributed by atoms with Gasteiger partial charge in [-0.3, -0.25) is 0 Å². The first-order valence-corrected chi connectivity index (χ1v) is 37.2. The third-order valence-corrected chi connectivity index (χ3v) is 20.2. The summed E-state index contributed by atoms with van der Waals surface area (Å²) in [6.07, 6.45) is 52.0. The summed E-state index contributed by atoms with van der Waals surface area (Å²) in [6.45, 7) is 12.0. The molecule has 0 N–H and O–H groups in total. The second kappa shape index (κ2) is 42.1. The number of hydrogen-bond donors (Lipinski definition) is 0. The van der Waals surface area contributed by atoms with Crippen LogP contribution in [0.5, 0.6) is 23.0 Å². The van der Waals surface area contributed by atoms with Gasteiger partial charge in [0.15, 0.2) is 11.5 Å². The Morgan fingerprint density at radius 3 is 0.695 bits per heavy atom. The van der Waals surface area contributed by atoms with E-state index in [4.69, 9.17) is 18.9 Å². The Hall–Kier alpha value is -2.78. The molecular formula is C74H110Br2O4S2. The number of ether oxygens (including phenoxy) is 4. The van der Waals surface area contributed by atoms with E-state index in [1.54, 1.807) is 22.7 Å². The van der Waals surface area contributed by atoms with Gasteiger partial charge in [0.25, 0.3) is 0 Å². The Morgan fingerprint density at radius 1 is 0.256 bits per heavy atom. The molecule has 8 heteroatoms. The Balaban J connectivity index is 1.35. The molecule has 4 aromatic carbocycles. The van der Waals surface area contributed by atoms with Crippen LogP contribution in [0.4, 0.5) is 0 Å². The van der Waals surface area contributed by atoms with Gasteiger partial charge in [0.1, 0.15) is 11.5 Å². The highest BCUT2D eigenvalue weighted by Crippen LogP contribution is 2.49. The van der Waals surface area contributed by atoms with Crippen LogP contribution < -0.4 is 18.9 Å². The highest BCUT2D eigenvalue weighted by Gasteiger charge is 2.22. The molecule has 0 atom stereocenters. The first kappa shape index (κ1) is 68.3. The fourth-order valence-corrected chi connectivity index (χ4v) is 14.7. The molecule has 0 fully saturated rings. The Morgan fingerprint density at radius 2 is 0.463 bits per heavy atom. The summed E-state index contributed by atoms with van der Waals surface area (Å²) in [6, 6.07) is 23.1. The van der Waals surface area contributed by atoms with E-state index < -0.39 is 0 Å². The van der Waals surface area contributed by atoms with Crippen LogP contribution in [0, 0.1) is 0 Å². The lowest BCUT2D eigenvalue weighted by Crippen LogP contribution is -2.04. The highest BCUT2D eigenvalue weighted by atomic mass is 79.9. The number of thiophene rings is 2. The lowest BCUT2D eigenvalue weighted by molar-refractivity contribution is 0.259. The maximum Gasteiger partial charge on any atom is 0.161 e. The maximum atomic E-state index is 6.99.